The minimum atomic E-state index is -1.22. The molecular formula is C25H25FO8. The number of carbonyl (C=O) groups is 3. The van der Waals surface area contributed by atoms with E-state index in [9.17, 15) is 18.8 Å². The Hall–Kier alpha value is -3.98. The van der Waals surface area contributed by atoms with Crippen LogP contribution in [0.5, 0.6) is 17.2 Å². The summed E-state index contributed by atoms with van der Waals surface area (Å²) in [7, 11) is 0. The highest BCUT2D eigenvalue weighted by molar-refractivity contribution is 5.93. The van der Waals surface area contributed by atoms with Gasteiger partial charge in [-0.3, -0.25) is 0 Å². The molecule has 2 aromatic rings. The van der Waals surface area contributed by atoms with E-state index in [1.165, 1.54) is 24.3 Å². The van der Waals surface area contributed by atoms with Gasteiger partial charge >= 0.3 is 17.9 Å². The molecule has 0 spiro atoms. The first-order valence-corrected chi connectivity index (χ1v) is 10.3. The number of aryl methyl sites for hydroxylation is 1. The van der Waals surface area contributed by atoms with Gasteiger partial charge in [-0.1, -0.05) is 13.2 Å². The average molecular weight is 472 g/mol. The van der Waals surface area contributed by atoms with Crippen molar-refractivity contribution < 1.29 is 42.8 Å². The number of hydrogen-bond donors (Lipinski definition) is 1. The molecule has 0 saturated carbocycles. The second-order valence-corrected chi connectivity index (χ2v) is 7.09. The maximum atomic E-state index is 12.7. The summed E-state index contributed by atoms with van der Waals surface area (Å²) in [6, 6.07) is 10.5. The van der Waals surface area contributed by atoms with E-state index in [2.05, 4.69) is 13.2 Å². The molecule has 8 nitrogen and oxygen atoms in total. The number of benzene rings is 2. The second kappa shape index (κ2) is 12.9. The Labute approximate surface area is 196 Å². The van der Waals surface area contributed by atoms with Crippen molar-refractivity contribution in [1.29, 1.82) is 0 Å². The fraction of sp³-hybridized carbons (Fsp3) is 0.240. The number of aliphatic hydroxyl groups is 1. The molecule has 0 saturated heterocycles. The van der Waals surface area contributed by atoms with E-state index in [1.807, 2.05) is 0 Å². The standard InChI is InChI=1S/C25H25FO8/c1-16-14-21(31-12-4-5-13-32-23(28)17(2)15-27)10-11-22(16)25(30)34-20-8-6-19(7-9-20)33-24(29)18(3)26/h6-11,14,27H,2-5,12-13,15H2,1H3. The van der Waals surface area contributed by atoms with Gasteiger partial charge in [-0.15, -0.1) is 0 Å². The number of esters is 3. The number of halogens is 1. The molecule has 0 fully saturated rings. The van der Waals surface area contributed by atoms with Crippen LogP contribution in [0.4, 0.5) is 4.39 Å². The predicted molar refractivity (Wildman–Crippen MR) is 120 cm³/mol. The predicted octanol–water partition coefficient (Wildman–Crippen LogP) is 3.85. The molecule has 0 aliphatic carbocycles. The van der Waals surface area contributed by atoms with Crippen molar-refractivity contribution >= 4 is 17.9 Å². The molecule has 0 aliphatic heterocycles. The van der Waals surface area contributed by atoms with Crippen molar-refractivity contribution in [3.63, 3.8) is 0 Å². The molecule has 0 amide bonds. The zero-order valence-electron chi connectivity index (χ0n) is 18.7. The van der Waals surface area contributed by atoms with Crippen LogP contribution in [-0.4, -0.2) is 42.8 Å². The van der Waals surface area contributed by atoms with Crippen LogP contribution in [0, 0.1) is 6.92 Å². The first-order valence-electron chi connectivity index (χ1n) is 10.3. The van der Waals surface area contributed by atoms with Gasteiger partial charge in [-0.2, -0.15) is 4.39 Å². The normalized spacial score (nSPS) is 10.2. The molecule has 9 heteroatoms. The number of rotatable bonds is 12. The molecule has 2 rings (SSSR count). The Kier molecular flexibility index (Phi) is 9.97. The van der Waals surface area contributed by atoms with Crippen molar-refractivity contribution in [2.45, 2.75) is 19.8 Å². The summed E-state index contributed by atoms with van der Waals surface area (Å²) >= 11 is 0. The van der Waals surface area contributed by atoms with Gasteiger partial charge in [0, 0.05) is 0 Å². The maximum Gasteiger partial charge on any atom is 0.371 e. The first kappa shape index (κ1) is 26.3. The van der Waals surface area contributed by atoms with Crippen LogP contribution in [0.15, 0.2) is 67.0 Å². The van der Waals surface area contributed by atoms with Crippen molar-refractivity contribution in [3.8, 4) is 17.2 Å². The summed E-state index contributed by atoms with van der Waals surface area (Å²) < 4.78 is 33.3. The third-order valence-electron chi connectivity index (χ3n) is 4.40. The van der Waals surface area contributed by atoms with Gasteiger partial charge in [-0.25, -0.2) is 14.4 Å². The first-order chi connectivity index (χ1) is 16.2. The minimum absolute atomic E-state index is 0.00747. The summed E-state index contributed by atoms with van der Waals surface area (Å²) in [4.78, 5) is 35.0. The van der Waals surface area contributed by atoms with Gasteiger partial charge in [0.25, 0.3) is 0 Å². The van der Waals surface area contributed by atoms with E-state index in [-0.39, 0.29) is 23.7 Å². The highest BCUT2D eigenvalue weighted by atomic mass is 19.1. The van der Waals surface area contributed by atoms with E-state index < -0.39 is 30.3 Å². The molecule has 0 bridgehead atoms. The SMILES string of the molecule is C=C(F)C(=O)Oc1ccc(OC(=O)c2ccc(OCCCCOC(=O)C(=C)CO)cc2C)cc1. The smallest absolute Gasteiger partial charge is 0.371 e. The molecule has 0 radical (unpaired) electrons. The van der Waals surface area contributed by atoms with Crippen LogP contribution in [0.2, 0.25) is 0 Å². The minimum Gasteiger partial charge on any atom is -0.494 e. The fourth-order valence-corrected chi connectivity index (χ4v) is 2.58. The highest BCUT2D eigenvalue weighted by Crippen LogP contribution is 2.22. The summed E-state index contributed by atoms with van der Waals surface area (Å²) in [6.45, 7) is 8.12. The van der Waals surface area contributed by atoms with Gasteiger partial charge < -0.3 is 24.1 Å². The number of carbonyl (C=O) groups excluding carboxylic acids is 3. The van der Waals surface area contributed by atoms with Crippen LogP contribution in [0.25, 0.3) is 0 Å². The summed E-state index contributed by atoms with van der Waals surface area (Å²) in [5.74, 6) is -2.76. The maximum absolute atomic E-state index is 12.7. The van der Waals surface area contributed by atoms with Crippen LogP contribution >= 0.6 is 0 Å². The molecule has 2 aromatic carbocycles. The number of ether oxygens (including phenoxy) is 4. The van der Waals surface area contributed by atoms with Crippen LogP contribution in [-0.2, 0) is 14.3 Å². The molecule has 0 aliphatic rings. The molecule has 0 heterocycles. The zero-order valence-corrected chi connectivity index (χ0v) is 18.7. The van der Waals surface area contributed by atoms with Crippen LogP contribution in [0.1, 0.15) is 28.8 Å². The Bertz CT molecular complexity index is 1060. The second-order valence-electron chi connectivity index (χ2n) is 7.09. The average Bonchev–Trinajstić information content (AvgIpc) is 2.81. The molecule has 180 valence electrons. The Morgan fingerprint density at radius 3 is 2.06 bits per heavy atom. The topological polar surface area (TPSA) is 108 Å². The molecule has 1 N–H and O–H groups in total. The van der Waals surface area contributed by atoms with Crippen LogP contribution in [0.3, 0.4) is 0 Å². The molecule has 0 atom stereocenters. The fourth-order valence-electron chi connectivity index (χ4n) is 2.58. The largest absolute Gasteiger partial charge is 0.494 e. The lowest BCUT2D eigenvalue weighted by Crippen LogP contribution is -2.11. The number of aliphatic hydroxyl groups excluding tert-OH is 1. The zero-order chi connectivity index (χ0) is 25.1. The Morgan fingerprint density at radius 2 is 1.47 bits per heavy atom. The Morgan fingerprint density at radius 1 is 0.882 bits per heavy atom. The summed E-state index contributed by atoms with van der Waals surface area (Å²) in [5.41, 5.74) is 0.992. The number of hydrogen-bond acceptors (Lipinski definition) is 8. The lowest BCUT2D eigenvalue weighted by atomic mass is 10.1. The van der Waals surface area contributed by atoms with Gasteiger partial charge in [0.15, 0.2) is 0 Å². The molecule has 34 heavy (non-hydrogen) atoms. The lowest BCUT2D eigenvalue weighted by Gasteiger charge is -2.11. The van der Waals surface area contributed by atoms with Crippen molar-refractivity contribution in [1.82, 2.24) is 0 Å². The molecular weight excluding hydrogens is 447 g/mol. The van der Waals surface area contributed by atoms with Crippen molar-refractivity contribution in [2.75, 3.05) is 19.8 Å². The molecule has 0 aromatic heterocycles. The van der Waals surface area contributed by atoms with Crippen LogP contribution < -0.4 is 14.2 Å². The van der Waals surface area contributed by atoms with E-state index in [4.69, 9.17) is 24.1 Å². The van der Waals surface area contributed by atoms with Crippen molar-refractivity contribution in [3.05, 3.63) is 78.1 Å². The van der Waals surface area contributed by atoms with Gasteiger partial charge in [0.2, 0.25) is 5.83 Å². The van der Waals surface area contributed by atoms with Gasteiger partial charge in [0.1, 0.15) is 17.2 Å². The monoisotopic (exact) mass is 472 g/mol. The third kappa shape index (κ3) is 8.18. The Balaban J connectivity index is 1.81. The molecule has 0 unspecified atom stereocenters. The number of unbranched alkanes of at least 4 members (excludes halogenated alkanes) is 1. The quantitative estimate of drug-likeness (QED) is 0.215. The van der Waals surface area contributed by atoms with E-state index >= 15 is 0 Å². The van der Waals surface area contributed by atoms with E-state index in [0.29, 0.717) is 36.3 Å². The van der Waals surface area contributed by atoms with Gasteiger partial charge in [-0.05, 0) is 67.8 Å². The van der Waals surface area contributed by atoms with Crippen molar-refractivity contribution in [2.24, 2.45) is 0 Å². The third-order valence-corrected chi connectivity index (χ3v) is 4.40. The highest BCUT2D eigenvalue weighted by Gasteiger charge is 2.14. The lowest BCUT2D eigenvalue weighted by molar-refractivity contribution is -0.139. The van der Waals surface area contributed by atoms with E-state index in [1.54, 1.807) is 25.1 Å². The van der Waals surface area contributed by atoms with E-state index in [0.717, 1.165) is 0 Å². The summed E-state index contributed by atoms with van der Waals surface area (Å²) in [6.07, 6.45) is 1.21. The van der Waals surface area contributed by atoms with Gasteiger partial charge in [0.05, 0.1) is 31.0 Å². The summed E-state index contributed by atoms with van der Waals surface area (Å²) in [5, 5.41) is 8.80.